The summed E-state index contributed by atoms with van der Waals surface area (Å²) in [5.41, 5.74) is 7.69. The minimum absolute atomic E-state index is 0.290. The Morgan fingerprint density at radius 2 is 2.14 bits per heavy atom. The first kappa shape index (κ1) is 9.34. The maximum Gasteiger partial charge on any atom is 0.201 e. The highest BCUT2D eigenvalue weighted by Gasteiger charge is 2.10. The molecule has 0 aliphatic heterocycles. The number of rotatable bonds is 1. The molecular formula is C10H12ClN3. The van der Waals surface area contributed by atoms with Gasteiger partial charge in [0.15, 0.2) is 0 Å². The van der Waals surface area contributed by atoms with Crippen LogP contribution in [0.25, 0.3) is 11.0 Å². The second kappa shape index (κ2) is 3.17. The topological polar surface area (TPSA) is 43.8 Å². The van der Waals surface area contributed by atoms with Gasteiger partial charge in [-0.25, -0.2) is 4.98 Å². The van der Waals surface area contributed by atoms with Crippen LogP contribution in [0.4, 0.5) is 5.95 Å². The molecule has 14 heavy (non-hydrogen) atoms. The molecule has 4 heteroatoms. The molecule has 74 valence electrons. The minimum Gasteiger partial charge on any atom is -0.369 e. The number of aromatic nitrogens is 2. The van der Waals surface area contributed by atoms with Gasteiger partial charge in [-0.3, -0.25) is 0 Å². The third-order valence-corrected chi connectivity index (χ3v) is 2.43. The molecule has 1 aromatic carbocycles. The molecule has 0 radical (unpaired) electrons. The minimum atomic E-state index is 0.290. The molecule has 0 fully saturated rings. The van der Waals surface area contributed by atoms with Crippen molar-refractivity contribution < 1.29 is 0 Å². The van der Waals surface area contributed by atoms with Crippen LogP contribution >= 0.6 is 11.6 Å². The number of nitrogen functional groups attached to an aromatic ring is 1. The van der Waals surface area contributed by atoms with Gasteiger partial charge >= 0.3 is 0 Å². The van der Waals surface area contributed by atoms with Crippen LogP contribution < -0.4 is 5.73 Å². The lowest BCUT2D eigenvalue weighted by Gasteiger charge is -2.09. The number of halogens is 1. The third kappa shape index (κ3) is 1.34. The van der Waals surface area contributed by atoms with Crippen molar-refractivity contribution in [1.29, 1.82) is 0 Å². The maximum absolute atomic E-state index is 5.92. The first-order valence-corrected chi connectivity index (χ1v) is 4.90. The second-order valence-electron chi connectivity index (χ2n) is 3.57. The van der Waals surface area contributed by atoms with Gasteiger partial charge in [0.2, 0.25) is 5.95 Å². The van der Waals surface area contributed by atoms with Gasteiger partial charge in [0.1, 0.15) is 0 Å². The summed E-state index contributed by atoms with van der Waals surface area (Å²) < 4.78 is 1.97. The Morgan fingerprint density at radius 1 is 1.43 bits per heavy atom. The van der Waals surface area contributed by atoms with Crippen molar-refractivity contribution in [3.8, 4) is 0 Å². The smallest absolute Gasteiger partial charge is 0.201 e. The number of imidazole rings is 1. The lowest BCUT2D eigenvalue weighted by Crippen LogP contribution is -2.05. The van der Waals surface area contributed by atoms with Crippen molar-refractivity contribution in [3.05, 3.63) is 23.2 Å². The number of fused-ring (bicyclic) bond motifs is 1. The monoisotopic (exact) mass is 209 g/mol. The average Bonchev–Trinajstić information content (AvgIpc) is 2.40. The standard InChI is InChI=1S/C10H12ClN3/c1-6(2)14-9-5-7(11)3-4-8(9)13-10(14)12/h3-6H,1-2H3,(H2,12,13). The Morgan fingerprint density at radius 3 is 2.79 bits per heavy atom. The van der Waals surface area contributed by atoms with E-state index in [1.165, 1.54) is 0 Å². The highest BCUT2D eigenvalue weighted by atomic mass is 35.5. The fourth-order valence-electron chi connectivity index (χ4n) is 1.63. The molecule has 0 amide bonds. The van der Waals surface area contributed by atoms with E-state index in [0.29, 0.717) is 17.0 Å². The molecule has 2 rings (SSSR count). The van der Waals surface area contributed by atoms with Crippen LogP contribution in [-0.4, -0.2) is 9.55 Å². The zero-order chi connectivity index (χ0) is 10.3. The summed E-state index contributed by atoms with van der Waals surface area (Å²) in [6, 6.07) is 5.88. The van der Waals surface area contributed by atoms with Crippen LogP contribution in [0.3, 0.4) is 0 Å². The lowest BCUT2D eigenvalue weighted by molar-refractivity contribution is 0.627. The van der Waals surface area contributed by atoms with Crippen molar-refractivity contribution in [2.75, 3.05) is 5.73 Å². The number of nitrogens with two attached hydrogens (primary N) is 1. The highest BCUT2D eigenvalue weighted by Crippen LogP contribution is 2.24. The SMILES string of the molecule is CC(C)n1c(N)nc2ccc(Cl)cc21. The molecule has 2 N–H and O–H groups in total. The predicted octanol–water partition coefficient (Wildman–Crippen LogP) is 2.85. The lowest BCUT2D eigenvalue weighted by atomic mass is 10.3. The normalized spacial score (nSPS) is 11.4. The molecule has 0 atom stereocenters. The number of benzene rings is 1. The molecule has 0 saturated heterocycles. The summed E-state index contributed by atoms with van der Waals surface area (Å²) >= 11 is 5.92. The molecule has 3 nitrogen and oxygen atoms in total. The molecule has 0 saturated carbocycles. The first-order chi connectivity index (χ1) is 6.59. The van der Waals surface area contributed by atoms with E-state index in [4.69, 9.17) is 17.3 Å². The summed E-state index contributed by atoms with van der Waals surface area (Å²) in [6.07, 6.45) is 0. The third-order valence-electron chi connectivity index (χ3n) is 2.20. The van der Waals surface area contributed by atoms with Crippen molar-refractivity contribution in [2.24, 2.45) is 0 Å². The van der Waals surface area contributed by atoms with Crippen molar-refractivity contribution in [3.63, 3.8) is 0 Å². The first-order valence-electron chi connectivity index (χ1n) is 4.52. The molecular weight excluding hydrogens is 198 g/mol. The van der Waals surface area contributed by atoms with Gasteiger partial charge < -0.3 is 10.3 Å². The molecule has 0 aliphatic rings. The molecule has 0 bridgehead atoms. The molecule has 1 heterocycles. The Kier molecular flexibility index (Phi) is 2.11. The van der Waals surface area contributed by atoms with E-state index in [1.807, 2.05) is 22.8 Å². The van der Waals surface area contributed by atoms with E-state index in [9.17, 15) is 0 Å². The van der Waals surface area contributed by atoms with Crippen LogP contribution in [0, 0.1) is 0 Å². The summed E-state index contributed by atoms with van der Waals surface area (Å²) in [5.74, 6) is 0.539. The fraction of sp³-hybridized carbons (Fsp3) is 0.300. The number of nitrogens with zero attached hydrogens (tertiary/aromatic N) is 2. The molecule has 0 unspecified atom stereocenters. The summed E-state index contributed by atoms with van der Waals surface area (Å²) in [4.78, 5) is 4.26. The Labute approximate surface area is 87.5 Å². The molecule has 1 aromatic heterocycles. The van der Waals surface area contributed by atoms with Crippen LogP contribution in [0.2, 0.25) is 5.02 Å². The summed E-state index contributed by atoms with van der Waals surface area (Å²) in [7, 11) is 0. The maximum atomic E-state index is 5.92. The number of anilines is 1. The summed E-state index contributed by atoms with van der Waals surface area (Å²) in [6.45, 7) is 4.14. The van der Waals surface area contributed by atoms with Gasteiger partial charge in [-0.1, -0.05) is 11.6 Å². The molecule has 0 spiro atoms. The van der Waals surface area contributed by atoms with Gasteiger partial charge in [0.25, 0.3) is 0 Å². The van der Waals surface area contributed by atoms with E-state index < -0.39 is 0 Å². The van der Waals surface area contributed by atoms with Crippen LogP contribution in [0.15, 0.2) is 18.2 Å². The van der Waals surface area contributed by atoms with Crippen molar-refractivity contribution >= 4 is 28.6 Å². The van der Waals surface area contributed by atoms with E-state index in [-0.39, 0.29) is 0 Å². The van der Waals surface area contributed by atoms with Gasteiger partial charge in [-0.15, -0.1) is 0 Å². The van der Waals surface area contributed by atoms with Crippen molar-refractivity contribution in [2.45, 2.75) is 19.9 Å². The van der Waals surface area contributed by atoms with Gasteiger partial charge in [0.05, 0.1) is 11.0 Å². The zero-order valence-electron chi connectivity index (χ0n) is 8.16. The zero-order valence-corrected chi connectivity index (χ0v) is 8.92. The highest BCUT2D eigenvalue weighted by molar-refractivity contribution is 6.31. The largest absolute Gasteiger partial charge is 0.369 e. The Balaban J connectivity index is 2.79. The fourth-order valence-corrected chi connectivity index (χ4v) is 1.79. The Hall–Kier alpha value is -1.22. The van der Waals surface area contributed by atoms with E-state index in [0.717, 1.165) is 11.0 Å². The number of hydrogen-bond acceptors (Lipinski definition) is 2. The summed E-state index contributed by atoms with van der Waals surface area (Å²) in [5, 5.41) is 0.708. The van der Waals surface area contributed by atoms with Gasteiger partial charge in [-0.2, -0.15) is 0 Å². The van der Waals surface area contributed by atoms with Crippen molar-refractivity contribution in [1.82, 2.24) is 9.55 Å². The van der Waals surface area contributed by atoms with Crippen LogP contribution in [0.1, 0.15) is 19.9 Å². The molecule has 2 aromatic rings. The van der Waals surface area contributed by atoms with E-state index in [1.54, 1.807) is 0 Å². The van der Waals surface area contributed by atoms with Crippen LogP contribution in [-0.2, 0) is 0 Å². The van der Waals surface area contributed by atoms with E-state index >= 15 is 0 Å². The average molecular weight is 210 g/mol. The molecule has 0 aliphatic carbocycles. The number of hydrogen-bond donors (Lipinski definition) is 1. The Bertz CT molecular complexity index is 473. The van der Waals surface area contributed by atoms with Crippen LogP contribution in [0.5, 0.6) is 0 Å². The van der Waals surface area contributed by atoms with Gasteiger partial charge in [0, 0.05) is 11.1 Å². The predicted molar refractivity (Wildman–Crippen MR) is 59.5 cm³/mol. The quantitative estimate of drug-likeness (QED) is 0.785. The van der Waals surface area contributed by atoms with Gasteiger partial charge in [-0.05, 0) is 32.0 Å². The van der Waals surface area contributed by atoms with E-state index in [2.05, 4.69) is 18.8 Å². The second-order valence-corrected chi connectivity index (χ2v) is 4.00.